The molecule has 0 radical (unpaired) electrons. The van der Waals surface area contributed by atoms with Gasteiger partial charge in [0, 0.05) is 38.2 Å². The van der Waals surface area contributed by atoms with Crippen LogP contribution in [0.3, 0.4) is 0 Å². The molecule has 0 amide bonds. The Hall–Kier alpha value is -3.22. The van der Waals surface area contributed by atoms with Gasteiger partial charge in [-0.2, -0.15) is 0 Å². The number of benzene rings is 1. The van der Waals surface area contributed by atoms with Crippen molar-refractivity contribution in [1.82, 2.24) is 4.90 Å². The van der Waals surface area contributed by atoms with Crippen molar-refractivity contribution in [3.05, 3.63) is 35.9 Å². The molecule has 2 N–H and O–H groups in total. The molecule has 4 rings (SSSR count). The third-order valence-corrected chi connectivity index (χ3v) is 13.5. The molecule has 3 aliphatic heterocycles. The van der Waals surface area contributed by atoms with E-state index >= 15 is 0 Å². The van der Waals surface area contributed by atoms with Crippen molar-refractivity contribution >= 4 is 23.9 Å². The van der Waals surface area contributed by atoms with Crippen molar-refractivity contribution in [3.8, 4) is 0 Å². The SMILES string of the molecule is CC[C@@H]1OC(=O)[C@H](C)[C@H](O[C@H]2C[C@@](C)(OC)[C@@H](OC(=O)OCc3ccccc3)[C@H](C)O2)[C@H](C)[C@@H](O[C@@H]2O[C@H](C)C[C@H](N(C)C)[C@H]2OC(C)=O)[C@H](C)C[C@@H](C)C(=O)[C@@H](C)[C@@H](O)[C@]1(C)O. The van der Waals surface area contributed by atoms with Crippen LogP contribution in [-0.4, -0.2) is 139 Å². The predicted octanol–water partition coefficient (Wildman–Crippen LogP) is 5.60. The van der Waals surface area contributed by atoms with Gasteiger partial charge in [0.05, 0.1) is 42.5 Å². The van der Waals surface area contributed by atoms with Gasteiger partial charge < -0.3 is 57.7 Å². The fraction of sp³-hybridized carbons (Fsp3) is 0.787. The largest absolute Gasteiger partial charge is 0.509 e. The highest BCUT2D eigenvalue weighted by Crippen LogP contribution is 2.41. The maximum absolute atomic E-state index is 14.4. The van der Waals surface area contributed by atoms with Gasteiger partial charge in [-0.3, -0.25) is 14.4 Å². The molecular formula is C47H75NO15. The van der Waals surface area contributed by atoms with E-state index in [2.05, 4.69) is 0 Å². The molecule has 3 heterocycles. The molecule has 3 aliphatic rings. The van der Waals surface area contributed by atoms with E-state index in [1.54, 1.807) is 41.5 Å². The maximum atomic E-state index is 14.4. The molecule has 0 saturated carbocycles. The molecule has 63 heavy (non-hydrogen) atoms. The van der Waals surface area contributed by atoms with Crippen molar-refractivity contribution in [2.45, 2.75) is 187 Å². The summed E-state index contributed by atoms with van der Waals surface area (Å²) in [5.41, 5.74) is -2.34. The highest BCUT2D eigenvalue weighted by molar-refractivity contribution is 5.83. The highest BCUT2D eigenvalue weighted by Gasteiger charge is 2.53. The summed E-state index contributed by atoms with van der Waals surface area (Å²) in [5, 5.41) is 23.3. The average Bonchev–Trinajstić information content (AvgIpc) is 3.23. The number of likely N-dealkylation sites (N-methyl/N-ethyl adjacent to an activating group) is 1. The van der Waals surface area contributed by atoms with Gasteiger partial charge >= 0.3 is 18.1 Å². The number of carbonyl (C=O) groups excluding carboxylic acids is 4. The predicted molar refractivity (Wildman–Crippen MR) is 230 cm³/mol. The lowest BCUT2D eigenvalue weighted by molar-refractivity contribution is -0.310. The standard InChI is InChI=1S/C47H75NO15/c1-15-35-47(11,54)41(51)28(5)37(50)25(2)21-26(3)38(62-44-40(59-32(9)49)34(48(12)13)22-27(4)57-44)29(6)39(30(7)43(52)60-35)61-36-23-46(10,55-14)42(31(8)58-36)63-45(53)56-24-33-19-17-16-18-20-33/h16-20,25-31,34-36,38-42,44,51,54H,15,21-24H2,1-14H3/t25-,26-,27-,28-,29-,30-,31+,34+,35+,36+,38+,39-,40-,41-,42+,44+,46-,47-/m1/s1. The van der Waals surface area contributed by atoms with Gasteiger partial charge in [0.1, 0.15) is 29.7 Å². The molecule has 3 saturated heterocycles. The van der Waals surface area contributed by atoms with E-state index in [9.17, 15) is 29.4 Å². The van der Waals surface area contributed by atoms with Crippen molar-refractivity contribution in [3.63, 3.8) is 0 Å². The number of aliphatic hydroxyl groups is 2. The fourth-order valence-electron chi connectivity index (χ4n) is 9.71. The van der Waals surface area contributed by atoms with Gasteiger partial charge in [-0.05, 0) is 79.5 Å². The molecule has 16 heteroatoms. The Bertz CT molecular complexity index is 1660. The number of rotatable bonds is 11. The van der Waals surface area contributed by atoms with Crippen LogP contribution in [-0.2, 0) is 63.6 Å². The summed E-state index contributed by atoms with van der Waals surface area (Å²) in [5.74, 6) is -5.23. The van der Waals surface area contributed by atoms with Crippen molar-refractivity contribution in [2.24, 2.45) is 29.6 Å². The Morgan fingerprint density at radius 1 is 0.889 bits per heavy atom. The molecule has 0 aromatic heterocycles. The van der Waals surface area contributed by atoms with Gasteiger partial charge in [0.25, 0.3) is 0 Å². The van der Waals surface area contributed by atoms with Crippen LogP contribution >= 0.6 is 0 Å². The molecule has 1 aromatic carbocycles. The zero-order chi connectivity index (χ0) is 47.1. The lowest BCUT2D eigenvalue weighted by Crippen LogP contribution is -2.60. The summed E-state index contributed by atoms with van der Waals surface area (Å²) >= 11 is 0. The van der Waals surface area contributed by atoms with Crippen LogP contribution in [0.5, 0.6) is 0 Å². The fourth-order valence-corrected chi connectivity index (χ4v) is 9.71. The van der Waals surface area contributed by atoms with Crippen LogP contribution < -0.4 is 0 Å². The quantitative estimate of drug-likeness (QED) is 0.206. The molecule has 18 atom stereocenters. The first kappa shape index (κ1) is 52.4. The first-order chi connectivity index (χ1) is 29.4. The number of hydrogen-bond donors (Lipinski definition) is 2. The van der Waals surface area contributed by atoms with Crippen LogP contribution in [0.25, 0.3) is 0 Å². The normalized spacial score (nSPS) is 41.0. The zero-order valence-corrected chi connectivity index (χ0v) is 39.8. The lowest BCUT2D eigenvalue weighted by atomic mass is 9.75. The number of nitrogens with zero attached hydrogens (tertiary/aromatic N) is 1. The minimum absolute atomic E-state index is 0.00770. The molecule has 16 nitrogen and oxygen atoms in total. The number of cyclic esters (lactones) is 1. The van der Waals surface area contributed by atoms with Gasteiger partial charge in [0.15, 0.2) is 24.8 Å². The van der Waals surface area contributed by atoms with E-state index < -0.39 is 114 Å². The summed E-state index contributed by atoms with van der Waals surface area (Å²) in [4.78, 5) is 56.0. The average molecular weight is 894 g/mol. The Morgan fingerprint density at radius 3 is 2.13 bits per heavy atom. The number of ether oxygens (including phenoxy) is 9. The number of Topliss-reactive ketones (excluding diaryl/α,β-unsaturated/α-hetero) is 1. The van der Waals surface area contributed by atoms with Crippen LogP contribution in [0.1, 0.15) is 107 Å². The minimum Gasteiger partial charge on any atom is -0.459 e. The van der Waals surface area contributed by atoms with Crippen LogP contribution in [0.2, 0.25) is 0 Å². The first-order valence-corrected chi connectivity index (χ1v) is 22.5. The Balaban J connectivity index is 1.75. The van der Waals surface area contributed by atoms with Gasteiger partial charge in [-0.25, -0.2) is 4.79 Å². The smallest absolute Gasteiger partial charge is 0.459 e. The molecule has 0 aliphatic carbocycles. The summed E-state index contributed by atoms with van der Waals surface area (Å²) in [7, 11) is 5.29. The van der Waals surface area contributed by atoms with Gasteiger partial charge in [-0.15, -0.1) is 0 Å². The highest BCUT2D eigenvalue weighted by atomic mass is 16.8. The summed E-state index contributed by atoms with van der Waals surface area (Å²) in [6.45, 7) is 18.6. The topological polar surface area (TPSA) is 195 Å². The van der Waals surface area contributed by atoms with Crippen LogP contribution in [0, 0.1) is 29.6 Å². The molecule has 358 valence electrons. The number of hydrogen-bond acceptors (Lipinski definition) is 16. The number of aliphatic hydroxyl groups excluding tert-OH is 1. The minimum atomic E-state index is -1.98. The van der Waals surface area contributed by atoms with Crippen molar-refractivity contribution < 1.29 is 72.0 Å². The molecule has 3 fully saturated rings. The van der Waals surface area contributed by atoms with E-state index in [0.717, 1.165) is 5.56 Å². The van der Waals surface area contributed by atoms with Gasteiger partial charge in [-0.1, -0.05) is 65.0 Å². The molecule has 0 spiro atoms. The molecular weight excluding hydrogens is 819 g/mol. The van der Waals surface area contributed by atoms with Crippen molar-refractivity contribution in [2.75, 3.05) is 21.2 Å². The Kier molecular flexibility index (Phi) is 18.6. The second-order valence-corrected chi connectivity index (χ2v) is 18.9. The van der Waals surface area contributed by atoms with Crippen LogP contribution in [0.15, 0.2) is 30.3 Å². The molecule has 0 bridgehead atoms. The van der Waals surface area contributed by atoms with E-state index in [4.69, 9.17) is 42.6 Å². The number of esters is 2. The second kappa shape index (κ2) is 22.3. The number of methoxy groups -OCH3 is 1. The number of ketones is 1. The van der Waals surface area contributed by atoms with E-state index in [-0.39, 0.29) is 43.8 Å². The first-order valence-electron chi connectivity index (χ1n) is 22.5. The Morgan fingerprint density at radius 2 is 1.54 bits per heavy atom. The molecule has 1 aromatic rings. The summed E-state index contributed by atoms with van der Waals surface area (Å²) in [6.07, 6.45) is -9.30. The summed E-state index contributed by atoms with van der Waals surface area (Å²) in [6, 6.07) is 8.94. The van der Waals surface area contributed by atoms with E-state index in [1.807, 2.05) is 70.1 Å². The van der Waals surface area contributed by atoms with Crippen molar-refractivity contribution in [1.29, 1.82) is 0 Å². The monoisotopic (exact) mass is 894 g/mol. The maximum Gasteiger partial charge on any atom is 0.509 e. The Labute approximate surface area is 373 Å². The number of carbonyl (C=O) groups is 4. The van der Waals surface area contributed by atoms with E-state index in [1.165, 1.54) is 21.0 Å². The van der Waals surface area contributed by atoms with E-state index in [0.29, 0.717) is 6.42 Å². The molecule has 0 unspecified atom stereocenters. The third kappa shape index (κ3) is 12.8. The lowest BCUT2D eigenvalue weighted by Gasteiger charge is -2.48. The summed E-state index contributed by atoms with van der Waals surface area (Å²) < 4.78 is 55.9. The zero-order valence-electron chi connectivity index (χ0n) is 39.8. The van der Waals surface area contributed by atoms with Crippen LogP contribution in [0.4, 0.5) is 4.79 Å². The van der Waals surface area contributed by atoms with Gasteiger partial charge in [0.2, 0.25) is 0 Å². The second-order valence-electron chi connectivity index (χ2n) is 18.9. The third-order valence-electron chi connectivity index (χ3n) is 13.5.